The molecule has 0 spiro atoms. The summed E-state index contributed by atoms with van der Waals surface area (Å²) >= 11 is 0. The van der Waals surface area contributed by atoms with Crippen LogP contribution in [0.3, 0.4) is 0 Å². The van der Waals surface area contributed by atoms with E-state index in [-0.39, 0.29) is 12.0 Å². The van der Waals surface area contributed by atoms with Crippen LogP contribution in [-0.4, -0.2) is 62.9 Å². The van der Waals surface area contributed by atoms with Crippen molar-refractivity contribution in [1.29, 1.82) is 0 Å². The standard InChI is InChI=1S/C15H32N2O3/c1-7-17(11-12-19-5)10-8-9-15(4,14(18)20-6)16-13(2)3/h13,16H,7-12H2,1-6H3. The van der Waals surface area contributed by atoms with Crippen molar-refractivity contribution in [3.63, 3.8) is 0 Å². The molecule has 0 amide bonds. The molecule has 120 valence electrons. The summed E-state index contributed by atoms with van der Waals surface area (Å²) in [7, 11) is 3.16. The van der Waals surface area contributed by atoms with Crippen LogP contribution in [0.1, 0.15) is 40.5 Å². The predicted octanol–water partition coefficient (Wildman–Crippen LogP) is 1.66. The molecule has 0 heterocycles. The minimum atomic E-state index is -0.608. The number of rotatable bonds is 11. The molecule has 20 heavy (non-hydrogen) atoms. The van der Waals surface area contributed by atoms with E-state index in [0.717, 1.165) is 39.1 Å². The minimum absolute atomic E-state index is 0.189. The molecule has 0 rings (SSSR count). The maximum Gasteiger partial charge on any atom is 0.325 e. The number of methoxy groups -OCH3 is 2. The molecule has 0 aromatic carbocycles. The highest BCUT2D eigenvalue weighted by Crippen LogP contribution is 2.16. The van der Waals surface area contributed by atoms with E-state index in [1.807, 2.05) is 20.8 Å². The van der Waals surface area contributed by atoms with Crippen LogP contribution in [0, 0.1) is 0 Å². The smallest absolute Gasteiger partial charge is 0.325 e. The van der Waals surface area contributed by atoms with Crippen LogP contribution >= 0.6 is 0 Å². The van der Waals surface area contributed by atoms with Gasteiger partial charge in [0.25, 0.3) is 0 Å². The molecule has 0 aliphatic heterocycles. The first-order valence-electron chi connectivity index (χ1n) is 7.47. The zero-order valence-electron chi connectivity index (χ0n) is 14.0. The molecule has 0 bridgehead atoms. The van der Waals surface area contributed by atoms with Gasteiger partial charge in [-0.3, -0.25) is 10.1 Å². The molecule has 1 unspecified atom stereocenters. The van der Waals surface area contributed by atoms with Crippen LogP contribution in [0.25, 0.3) is 0 Å². The van der Waals surface area contributed by atoms with Crippen LogP contribution < -0.4 is 5.32 Å². The molecule has 0 aromatic rings. The Morgan fingerprint density at radius 1 is 1.30 bits per heavy atom. The molecule has 0 radical (unpaired) electrons. The summed E-state index contributed by atoms with van der Waals surface area (Å²) < 4.78 is 10.0. The number of likely N-dealkylation sites (N-methyl/N-ethyl adjacent to an activating group) is 1. The number of hydrogen-bond donors (Lipinski definition) is 1. The number of carbonyl (C=O) groups is 1. The number of carbonyl (C=O) groups excluding carboxylic acids is 1. The SMILES string of the molecule is CCN(CCCC(C)(NC(C)C)C(=O)OC)CCOC. The molecule has 0 fully saturated rings. The highest BCUT2D eigenvalue weighted by molar-refractivity contribution is 5.80. The second kappa shape index (κ2) is 10.1. The Labute approximate surface area is 124 Å². The fourth-order valence-electron chi connectivity index (χ4n) is 2.40. The Bertz CT molecular complexity index is 272. The maximum atomic E-state index is 12.0. The van der Waals surface area contributed by atoms with E-state index in [2.05, 4.69) is 17.1 Å². The fourth-order valence-corrected chi connectivity index (χ4v) is 2.40. The molecule has 0 saturated carbocycles. The van der Waals surface area contributed by atoms with E-state index in [4.69, 9.17) is 9.47 Å². The van der Waals surface area contributed by atoms with Gasteiger partial charge in [0.1, 0.15) is 5.54 Å². The van der Waals surface area contributed by atoms with Gasteiger partial charge >= 0.3 is 5.97 Å². The van der Waals surface area contributed by atoms with Gasteiger partial charge in [-0.25, -0.2) is 0 Å². The van der Waals surface area contributed by atoms with Gasteiger partial charge < -0.3 is 14.4 Å². The van der Waals surface area contributed by atoms with E-state index >= 15 is 0 Å². The normalized spacial score (nSPS) is 14.6. The number of nitrogens with zero attached hydrogens (tertiary/aromatic N) is 1. The summed E-state index contributed by atoms with van der Waals surface area (Å²) in [5, 5.41) is 3.32. The summed E-state index contributed by atoms with van der Waals surface area (Å²) in [6.45, 7) is 11.8. The fraction of sp³-hybridized carbons (Fsp3) is 0.933. The first-order chi connectivity index (χ1) is 9.39. The zero-order valence-corrected chi connectivity index (χ0v) is 14.0. The van der Waals surface area contributed by atoms with Gasteiger partial charge in [-0.2, -0.15) is 0 Å². The summed E-state index contributed by atoms with van der Waals surface area (Å²) in [5.74, 6) is -0.189. The maximum absolute atomic E-state index is 12.0. The van der Waals surface area contributed by atoms with Crippen LogP contribution in [0.5, 0.6) is 0 Å². The number of ether oxygens (including phenoxy) is 2. The lowest BCUT2D eigenvalue weighted by Gasteiger charge is -2.31. The molecular formula is C15H32N2O3. The van der Waals surface area contributed by atoms with Crippen molar-refractivity contribution in [3.05, 3.63) is 0 Å². The lowest BCUT2D eigenvalue weighted by atomic mass is 9.94. The predicted molar refractivity (Wildman–Crippen MR) is 81.9 cm³/mol. The van der Waals surface area contributed by atoms with Crippen LogP contribution in [0.4, 0.5) is 0 Å². The third kappa shape index (κ3) is 7.22. The second-order valence-electron chi connectivity index (χ2n) is 5.65. The van der Waals surface area contributed by atoms with E-state index < -0.39 is 5.54 Å². The third-order valence-electron chi connectivity index (χ3n) is 3.45. The van der Waals surface area contributed by atoms with E-state index in [1.165, 1.54) is 7.11 Å². The average molecular weight is 288 g/mol. The quantitative estimate of drug-likeness (QED) is 0.586. The van der Waals surface area contributed by atoms with Crippen molar-refractivity contribution in [2.45, 2.75) is 52.1 Å². The molecule has 0 saturated heterocycles. The molecule has 0 aliphatic carbocycles. The largest absolute Gasteiger partial charge is 0.468 e. The average Bonchev–Trinajstić information content (AvgIpc) is 2.40. The third-order valence-corrected chi connectivity index (χ3v) is 3.45. The first kappa shape index (κ1) is 19.4. The number of nitrogens with one attached hydrogen (secondary N) is 1. The molecule has 0 aromatic heterocycles. The Morgan fingerprint density at radius 3 is 2.40 bits per heavy atom. The van der Waals surface area contributed by atoms with Crippen molar-refractivity contribution in [1.82, 2.24) is 10.2 Å². The Kier molecular flexibility index (Phi) is 9.80. The topological polar surface area (TPSA) is 50.8 Å². The molecule has 5 heteroatoms. The van der Waals surface area contributed by atoms with Crippen molar-refractivity contribution >= 4 is 5.97 Å². The van der Waals surface area contributed by atoms with Gasteiger partial charge in [0.2, 0.25) is 0 Å². The van der Waals surface area contributed by atoms with Crippen LogP contribution in [0.2, 0.25) is 0 Å². The highest BCUT2D eigenvalue weighted by atomic mass is 16.5. The van der Waals surface area contributed by atoms with Crippen molar-refractivity contribution < 1.29 is 14.3 Å². The lowest BCUT2D eigenvalue weighted by Crippen LogP contribution is -2.53. The molecule has 0 aliphatic rings. The van der Waals surface area contributed by atoms with E-state index in [0.29, 0.717) is 0 Å². The second-order valence-corrected chi connectivity index (χ2v) is 5.65. The summed E-state index contributed by atoms with van der Waals surface area (Å²) in [5.41, 5.74) is -0.608. The highest BCUT2D eigenvalue weighted by Gasteiger charge is 2.34. The monoisotopic (exact) mass is 288 g/mol. The number of hydrogen-bond acceptors (Lipinski definition) is 5. The van der Waals surface area contributed by atoms with E-state index in [1.54, 1.807) is 7.11 Å². The van der Waals surface area contributed by atoms with Gasteiger partial charge in [-0.15, -0.1) is 0 Å². The summed E-state index contributed by atoms with van der Waals surface area (Å²) in [4.78, 5) is 14.3. The Hall–Kier alpha value is -0.650. The van der Waals surface area contributed by atoms with Gasteiger partial charge in [0.05, 0.1) is 13.7 Å². The van der Waals surface area contributed by atoms with Crippen LogP contribution in [0.15, 0.2) is 0 Å². The van der Waals surface area contributed by atoms with Gasteiger partial charge in [-0.05, 0) is 46.7 Å². The minimum Gasteiger partial charge on any atom is -0.468 e. The first-order valence-corrected chi connectivity index (χ1v) is 7.47. The molecule has 5 nitrogen and oxygen atoms in total. The molecular weight excluding hydrogens is 256 g/mol. The van der Waals surface area contributed by atoms with Gasteiger partial charge in [-0.1, -0.05) is 6.92 Å². The Morgan fingerprint density at radius 2 is 1.95 bits per heavy atom. The zero-order chi connectivity index (χ0) is 15.6. The van der Waals surface area contributed by atoms with Gasteiger partial charge in [0.15, 0.2) is 0 Å². The van der Waals surface area contributed by atoms with Crippen molar-refractivity contribution in [3.8, 4) is 0 Å². The molecule has 1 atom stereocenters. The summed E-state index contributed by atoms with van der Waals surface area (Å²) in [6, 6.07) is 0.245. The molecule has 1 N–H and O–H groups in total. The van der Waals surface area contributed by atoms with E-state index in [9.17, 15) is 4.79 Å². The van der Waals surface area contributed by atoms with Crippen molar-refractivity contribution in [2.75, 3.05) is 40.5 Å². The number of esters is 1. The Balaban J connectivity index is 4.35. The summed E-state index contributed by atoms with van der Waals surface area (Å²) in [6.07, 6.45) is 1.71. The van der Waals surface area contributed by atoms with Crippen molar-refractivity contribution in [2.24, 2.45) is 0 Å². The van der Waals surface area contributed by atoms with Gasteiger partial charge in [0, 0.05) is 19.7 Å². The van der Waals surface area contributed by atoms with Crippen LogP contribution in [-0.2, 0) is 14.3 Å². The lowest BCUT2D eigenvalue weighted by molar-refractivity contribution is -0.148.